The standard InChI is InChI=1S/C21H27N7O3S/c1-15-23-24-20(28(15)16-7-9-17(31-2)10-8-16)32-14-19(29)22-11-5-13-27-21(30)26-12-4-3-6-18(26)25-27/h7-10H,3-6,11-14H2,1-2H3,(H,22,29). The third kappa shape index (κ3) is 4.87. The van der Waals surface area contributed by atoms with Crippen LogP contribution in [0.4, 0.5) is 0 Å². The molecule has 0 atom stereocenters. The van der Waals surface area contributed by atoms with Crippen molar-refractivity contribution >= 4 is 17.7 Å². The summed E-state index contributed by atoms with van der Waals surface area (Å²) in [7, 11) is 1.62. The van der Waals surface area contributed by atoms with Crippen LogP contribution in [0.2, 0.25) is 0 Å². The summed E-state index contributed by atoms with van der Waals surface area (Å²) in [6.45, 7) is 3.61. The lowest BCUT2D eigenvalue weighted by molar-refractivity contribution is -0.118. The number of hydrogen-bond acceptors (Lipinski definition) is 7. The molecule has 0 saturated carbocycles. The molecule has 0 unspecified atom stereocenters. The van der Waals surface area contributed by atoms with Gasteiger partial charge in [-0.05, 0) is 50.5 Å². The summed E-state index contributed by atoms with van der Waals surface area (Å²) in [5.74, 6) is 2.52. The molecule has 0 radical (unpaired) electrons. The van der Waals surface area contributed by atoms with Crippen LogP contribution in [0.25, 0.3) is 5.69 Å². The van der Waals surface area contributed by atoms with E-state index in [0.717, 1.165) is 48.9 Å². The summed E-state index contributed by atoms with van der Waals surface area (Å²) >= 11 is 1.33. The number of ether oxygens (including phenoxy) is 1. The number of hydrogen-bond donors (Lipinski definition) is 1. The number of carbonyl (C=O) groups is 1. The molecule has 1 N–H and O–H groups in total. The maximum atomic E-state index is 12.3. The first-order valence-electron chi connectivity index (χ1n) is 10.7. The summed E-state index contributed by atoms with van der Waals surface area (Å²) < 4.78 is 10.4. The van der Waals surface area contributed by atoms with E-state index in [1.165, 1.54) is 16.4 Å². The summed E-state index contributed by atoms with van der Waals surface area (Å²) in [5.41, 5.74) is 0.860. The minimum absolute atomic E-state index is 0.0465. The Morgan fingerprint density at radius 3 is 2.78 bits per heavy atom. The topological polar surface area (TPSA) is 109 Å². The maximum Gasteiger partial charge on any atom is 0.345 e. The van der Waals surface area contributed by atoms with E-state index < -0.39 is 0 Å². The first-order valence-corrected chi connectivity index (χ1v) is 11.7. The quantitative estimate of drug-likeness (QED) is 0.384. The van der Waals surface area contributed by atoms with Crippen molar-refractivity contribution in [2.24, 2.45) is 0 Å². The van der Waals surface area contributed by atoms with Gasteiger partial charge >= 0.3 is 5.69 Å². The predicted octanol–water partition coefficient (Wildman–Crippen LogP) is 1.58. The number of nitrogens with zero attached hydrogens (tertiary/aromatic N) is 6. The van der Waals surface area contributed by atoms with Gasteiger partial charge in [-0.15, -0.1) is 10.2 Å². The number of carbonyl (C=O) groups excluding carboxylic acids is 1. The van der Waals surface area contributed by atoms with Gasteiger partial charge in [0.05, 0.1) is 12.9 Å². The number of amides is 1. The number of aromatic nitrogens is 6. The van der Waals surface area contributed by atoms with Gasteiger partial charge in [-0.25, -0.2) is 9.48 Å². The van der Waals surface area contributed by atoms with Crippen molar-refractivity contribution in [1.29, 1.82) is 0 Å². The molecule has 0 bridgehead atoms. The van der Waals surface area contributed by atoms with E-state index in [4.69, 9.17) is 4.74 Å². The van der Waals surface area contributed by atoms with Crippen molar-refractivity contribution in [2.45, 2.75) is 50.9 Å². The minimum atomic E-state index is -0.0894. The fourth-order valence-corrected chi connectivity index (χ4v) is 4.52. The highest BCUT2D eigenvalue weighted by Crippen LogP contribution is 2.23. The molecule has 0 fully saturated rings. The zero-order chi connectivity index (χ0) is 22.5. The largest absolute Gasteiger partial charge is 0.497 e. The monoisotopic (exact) mass is 457 g/mol. The summed E-state index contributed by atoms with van der Waals surface area (Å²) in [5, 5.41) is 16.3. The molecule has 11 heteroatoms. The van der Waals surface area contributed by atoms with Gasteiger partial charge < -0.3 is 10.1 Å². The van der Waals surface area contributed by atoms with E-state index in [1.807, 2.05) is 35.8 Å². The zero-order valence-corrected chi connectivity index (χ0v) is 19.1. The van der Waals surface area contributed by atoms with Crippen LogP contribution in [0, 0.1) is 6.92 Å². The number of nitrogens with one attached hydrogen (secondary N) is 1. The maximum absolute atomic E-state index is 12.3. The molecular formula is C21H27N7O3S. The van der Waals surface area contributed by atoms with Crippen LogP contribution >= 0.6 is 11.8 Å². The molecule has 1 aliphatic heterocycles. The number of methoxy groups -OCH3 is 1. The van der Waals surface area contributed by atoms with Crippen LogP contribution in [0.5, 0.6) is 5.75 Å². The van der Waals surface area contributed by atoms with Gasteiger partial charge in [0, 0.05) is 31.7 Å². The molecule has 0 spiro atoms. The molecule has 0 saturated heterocycles. The molecular weight excluding hydrogens is 430 g/mol. The molecule has 2 aromatic heterocycles. The van der Waals surface area contributed by atoms with Gasteiger partial charge in [0.1, 0.15) is 17.4 Å². The minimum Gasteiger partial charge on any atom is -0.497 e. The van der Waals surface area contributed by atoms with Gasteiger partial charge in [-0.3, -0.25) is 13.9 Å². The first kappa shape index (κ1) is 22.1. The van der Waals surface area contributed by atoms with E-state index in [1.54, 1.807) is 11.7 Å². The molecule has 32 heavy (non-hydrogen) atoms. The highest BCUT2D eigenvalue weighted by molar-refractivity contribution is 7.99. The predicted molar refractivity (Wildman–Crippen MR) is 120 cm³/mol. The third-order valence-electron chi connectivity index (χ3n) is 5.36. The Kier molecular flexibility index (Phi) is 6.93. The Labute approximate surface area is 190 Å². The molecule has 1 aliphatic rings. The van der Waals surface area contributed by atoms with E-state index >= 15 is 0 Å². The highest BCUT2D eigenvalue weighted by atomic mass is 32.2. The van der Waals surface area contributed by atoms with E-state index in [0.29, 0.717) is 24.7 Å². The van der Waals surface area contributed by atoms with Crippen LogP contribution in [-0.4, -0.2) is 54.4 Å². The van der Waals surface area contributed by atoms with Crippen molar-refractivity contribution in [3.05, 3.63) is 46.4 Å². The summed E-state index contributed by atoms with van der Waals surface area (Å²) in [4.78, 5) is 24.6. The van der Waals surface area contributed by atoms with Crippen molar-refractivity contribution < 1.29 is 9.53 Å². The van der Waals surface area contributed by atoms with Crippen molar-refractivity contribution in [1.82, 2.24) is 34.4 Å². The highest BCUT2D eigenvalue weighted by Gasteiger charge is 2.16. The van der Waals surface area contributed by atoms with E-state index in [-0.39, 0.29) is 17.3 Å². The normalized spacial score (nSPS) is 13.1. The Hall–Kier alpha value is -3.08. The first-order chi connectivity index (χ1) is 15.6. The van der Waals surface area contributed by atoms with Gasteiger partial charge in [0.25, 0.3) is 0 Å². The van der Waals surface area contributed by atoms with Gasteiger partial charge in [0.2, 0.25) is 5.91 Å². The Bertz CT molecular complexity index is 1130. The molecule has 0 aliphatic carbocycles. The second-order valence-electron chi connectivity index (χ2n) is 7.59. The number of fused-ring (bicyclic) bond motifs is 1. The van der Waals surface area contributed by atoms with Gasteiger partial charge in [-0.1, -0.05) is 11.8 Å². The van der Waals surface area contributed by atoms with Crippen molar-refractivity contribution in [3.63, 3.8) is 0 Å². The number of thioether (sulfide) groups is 1. The lowest BCUT2D eigenvalue weighted by Gasteiger charge is -2.09. The van der Waals surface area contributed by atoms with Crippen LogP contribution in [0.15, 0.2) is 34.2 Å². The lowest BCUT2D eigenvalue weighted by atomic mass is 10.2. The Balaban J connectivity index is 1.26. The summed E-state index contributed by atoms with van der Waals surface area (Å²) in [6, 6.07) is 7.60. The number of benzene rings is 1. The van der Waals surface area contributed by atoms with E-state index in [2.05, 4.69) is 20.6 Å². The molecule has 1 aromatic carbocycles. The van der Waals surface area contributed by atoms with Crippen LogP contribution in [-0.2, 0) is 24.3 Å². The average Bonchev–Trinajstić information content (AvgIpc) is 3.35. The zero-order valence-electron chi connectivity index (χ0n) is 18.3. The molecule has 3 heterocycles. The molecule has 170 valence electrons. The van der Waals surface area contributed by atoms with Crippen LogP contribution < -0.4 is 15.7 Å². The Morgan fingerprint density at radius 1 is 1.22 bits per heavy atom. The number of rotatable bonds is 9. The van der Waals surface area contributed by atoms with Crippen molar-refractivity contribution in [3.8, 4) is 11.4 Å². The number of aryl methyl sites for hydroxylation is 3. The fraction of sp³-hybridized carbons (Fsp3) is 0.476. The fourth-order valence-electron chi connectivity index (χ4n) is 3.70. The van der Waals surface area contributed by atoms with Gasteiger partial charge in [0.15, 0.2) is 5.16 Å². The third-order valence-corrected chi connectivity index (χ3v) is 6.29. The average molecular weight is 458 g/mol. The van der Waals surface area contributed by atoms with E-state index in [9.17, 15) is 9.59 Å². The second-order valence-corrected chi connectivity index (χ2v) is 8.53. The molecule has 4 rings (SSSR count). The van der Waals surface area contributed by atoms with Crippen molar-refractivity contribution in [2.75, 3.05) is 19.4 Å². The SMILES string of the molecule is COc1ccc(-n2c(C)nnc2SCC(=O)NCCCn2nc3n(c2=O)CCCC3)cc1. The van der Waals surface area contributed by atoms with Gasteiger partial charge in [-0.2, -0.15) is 5.10 Å². The smallest absolute Gasteiger partial charge is 0.345 e. The second kappa shape index (κ2) is 10.0. The van der Waals surface area contributed by atoms with Crippen LogP contribution in [0.1, 0.15) is 30.9 Å². The Morgan fingerprint density at radius 2 is 2.03 bits per heavy atom. The lowest BCUT2D eigenvalue weighted by Crippen LogP contribution is -2.30. The molecule has 1 amide bonds. The van der Waals surface area contributed by atoms with Crippen LogP contribution in [0.3, 0.4) is 0 Å². The summed E-state index contributed by atoms with van der Waals surface area (Å²) in [6.07, 6.45) is 3.61. The molecule has 10 nitrogen and oxygen atoms in total. The molecule has 3 aromatic rings.